The standard InChI is InChI=1S/C68H132O17P2/c1-8-10-11-12-13-20-27-35-42-49-65(70)78-56-64(85-68(73)52-45-38-31-30-34-41-48-61(7)9-2)58-83-87(76,77)81-54-62(69)53-80-86(74,75)82-57-63(55-79-66(71)50-43-36-28-24-19-22-26-33-40-47-60(5)6)84-67(72)51-44-37-29-23-18-16-14-15-17-21-25-32-39-46-59(3)4/h59-64,69H,8-58H2,1-7H3,(H,74,75)(H,76,77)/t61?,62-,63-,64-/m1/s1. The van der Waals surface area contributed by atoms with Crippen LogP contribution in [0.3, 0.4) is 0 Å². The van der Waals surface area contributed by atoms with Gasteiger partial charge in [-0.3, -0.25) is 37.3 Å². The van der Waals surface area contributed by atoms with E-state index in [4.69, 9.17) is 37.0 Å². The molecular weight excluding hydrogens is 1150 g/mol. The molecule has 17 nitrogen and oxygen atoms in total. The number of carbonyl (C=O) groups is 4. The molecule has 0 saturated heterocycles. The molecule has 516 valence electrons. The van der Waals surface area contributed by atoms with Gasteiger partial charge in [0.15, 0.2) is 12.2 Å². The number of hydrogen-bond donors (Lipinski definition) is 3. The molecule has 0 aliphatic rings. The number of phosphoric acid groups is 2. The molecule has 3 N–H and O–H groups in total. The zero-order chi connectivity index (χ0) is 64.5. The van der Waals surface area contributed by atoms with Crippen molar-refractivity contribution in [3.05, 3.63) is 0 Å². The number of aliphatic hydroxyl groups excluding tert-OH is 1. The van der Waals surface area contributed by atoms with Crippen LogP contribution in [-0.4, -0.2) is 96.7 Å². The van der Waals surface area contributed by atoms with E-state index in [0.717, 1.165) is 108 Å². The molecule has 0 bridgehead atoms. The molecule has 0 rings (SSSR count). The summed E-state index contributed by atoms with van der Waals surface area (Å²) in [4.78, 5) is 72.4. The summed E-state index contributed by atoms with van der Waals surface area (Å²) < 4.78 is 68.1. The molecule has 6 atom stereocenters. The van der Waals surface area contributed by atoms with Crippen LogP contribution in [0.5, 0.6) is 0 Å². The van der Waals surface area contributed by atoms with Gasteiger partial charge in [0.05, 0.1) is 26.4 Å². The molecule has 0 heterocycles. The van der Waals surface area contributed by atoms with Crippen LogP contribution in [0, 0.1) is 17.8 Å². The SMILES string of the molecule is CCCCCCCCCCCC(=O)OC[C@H](COP(=O)(O)OC[C@H](O)COP(=O)(O)OC[C@@H](COC(=O)CCCCCCCCCCCC(C)C)OC(=O)CCCCCCCCCCCCCCCC(C)C)OC(=O)CCCCCCCCC(C)CC. The fourth-order valence-electron chi connectivity index (χ4n) is 10.2. The highest BCUT2D eigenvalue weighted by molar-refractivity contribution is 7.47. The first-order chi connectivity index (χ1) is 41.8. The van der Waals surface area contributed by atoms with Crippen LogP contribution in [0.4, 0.5) is 0 Å². The Morgan fingerprint density at radius 2 is 0.586 bits per heavy atom. The van der Waals surface area contributed by atoms with Crippen molar-refractivity contribution in [2.45, 2.75) is 356 Å². The normalized spacial score (nSPS) is 14.6. The molecule has 0 aromatic rings. The molecule has 19 heteroatoms. The molecule has 3 unspecified atom stereocenters. The third-order valence-corrected chi connectivity index (χ3v) is 17.9. The van der Waals surface area contributed by atoms with Gasteiger partial charge < -0.3 is 33.8 Å². The van der Waals surface area contributed by atoms with Crippen LogP contribution >= 0.6 is 15.6 Å². The number of hydrogen-bond acceptors (Lipinski definition) is 15. The first-order valence-electron chi connectivity index (χ1n) is 35.4. The van der Waals surface area contributed by atoms with Gasteiger partial charge in [0.1, 0.15) is 19.3 Å². The monoisotopic (exact) mass is 1280 g/mol. The Hall–Kier alpha value is -1.94. The zero-order valence-electron chi connectivity index (χ0n) is 56.5. The van der Waals surface area contributed by atoms with Crippen molar-refractivity contribution in [3.63, 3.8) is 0 Å². The lowest BCUT2D eigenvalue weighted by atomic mass is 10.00. The highest BCUT2D eigenvalue weighted by Crippen LogP contribution is 2.45. The van der Waals surface area contributed by atoms with E-state index in [2.05, 4.69) is 48.5 Å². The Balaban J connectivity index is 5.24. The minimum atomic E-state index is -4.95. The second-order valence-corrected chi connectivity index (χ2v) is 28.7. The number of unbranched alkanes of at least 4 members (excludes halogenated alkanes) is 33. The summed E-state index contributed by atoms with van der Waals surface area (Å²) in [5.74, 6) is 0.118. The zero-order valence-corrected chi connectivity index (χ0v) is 58.3. The quantitative estimate of drug-likeness (QED) is 0.0222. The van der Waals surface area contributed by atoms with E-state index in [9.17, 15) is 43.2 Å². The van der Waals surface area contributed by atoms with Gasteiger partial charge >= 0.3 is 39.5 Å². The summed E-state index contributed by atoms with van der Waals surface area (Å²) in [6, 6.07) is 0. The van der Waals surface area contributed by atoms with Gasteiger partial charge in [-0.25, -0.2) is 9.13 Å². The molecule has 87 heavy (non-hydrogen) atoms. The fourth-order valence-corrected chi connectivity index (χ4v) is 11.7. The molecule has 0 spiro atoms. The van der Waals surface area contributed by atoms with E-state index in [1.165, 1.54) is 148 Å². The van der Waals surface area contributed by atoms with E-state index in [0.29, 0.717) is 25.7 Å². The fraction of sp³-hybridized carbons (Fsp3) is 0.941. The number of phosphoric ester groups is 2. The van der Waals surface area contributed by atoms with Gasteiger partial charge in [-0.15, -0.1) is 0 Å². The van der Waals surface area contributed by atoms with E-state index < -0.39 is 97.5 Å². The predicted octanol–water partition coefficient (Wildman–Crippen LogP) is 19.1. The number of aliphatic hydroxyl groups is 1. The maximum atomic E-state index is 13.0. The van der Waals surface area contributed by atoms with E-state index in [1.54, 1.807) is 0 Å². The summed E-state index contributed by atoms with van der Waals surface area (Å²) in [7, 11) is -9.89. The van der Waals surface area contributed by atoms with Gasteiger partial charge in [0, 0.05) is 25.7 Å². The van der Waals surface area contributed by atoms with Crippen LogP contribution in [0.2, 0.25) is 0 Å². The Kier molecular flexibility index (Phi) is 57.8. The van der Waals surface area contributed by atoms with Crippen LogP contribution in [0.1, 0.15) is 337 Å². The molecule has 0 saturated carbocycles. The first-order valence-corrected chi connectivity index (χ1v) is 38.4. The van der Waals surface area contributed by atoms with Gasteiger partial charge in [-0.2, -0.15) is 0 Å². The largest absolute Gasteiger partial charge is 0.472 e. The second-order valence-electron chi connectivity index (χ2n) is 25.8. The van der Waals surface area contributed by atoms with E-state index >= 15 is 0 Å². The highest BCUT2D eigenvalue weighted by atomic mass is 31.2. The van der Waals surface area contributed by atoms with Crippen LogP contribution in [0.25, 0.3) is 0 Å². The average molecular weight is 1280 g/mol. The maximum absolute atomic E-state index is 13.0. The topological polar surface area (TPSA) is 237 Å². The van der Waals surface area contributed by atoms with Gasteiger partial charge in [0.2, 0.25) is 0 Å². The molecule has 0 fully saturated rings. The minimum Gasteiger partial charge on any atom is -0.462 e. The van der Waals surface area contributed by atoms with Crippen molar-refractivity contribution in [1.29, 1.82) is 0 Å². The highest BCUT2D eigenvalue weighted by Gasteiger charge is 2.30. The predicted molar refractivity (Wildman–Crippen MR) is 349 cm³/mol. The van der Waals surface area contributed by atoms with Gasteiger partial charge in [-0.1, -0.05) is 286 Å². The number of esters is 4. The summed E-state index contributed by atoms with van der Waals surface area (Å²) in [5.41, 5.74) is 0. The lowest BCUT2D eigenvalue weighted by Crippen LogP contribution is -2.30. The third kappa shape index (κ3) is 61.3. The molecule has 0 aromatic heterocycles. The third-order valence-electron chi connectivity index (χ3n) is 16.0. The van der Waals surface area contributed by atoms with Crippen molar-refractivity contribution in [2.24, 2.45) is 17.8 Å². The lowest BCUT2D eigenvalue weighted by molar-refractivity contribution is -0.161. The Labute approximate surface area is 530 Å². The number of ether oxygens (including phenoxy) is 4. The van der Waals surface area contributed by atoms with Crippen molar-refractivity contribution < 1.29 is 80.2 Å². The van der Waals surface area contributed by atoms with Crippen LogP contribution in [-0.2, 0) is 65.4 Å². The minimum absolute atomic E-state index is 0.103. The van der Waals surface area contributed by atoms with Crippen molar-refractivity contribution in [2.75, 3.05) is 39.6 Å². The van der Waals surface area contributed by atoms with Crippen LogP contribution in [0.15, 0.2) is 0 Å². The molecule has 0 aromatic carbocycles. The maximum Gasteiger partial charge on any atom is 0.472 e. The van der Waals surface area contributed by atoms with Gasteiger partial charge in [-0.05, 0) is 43.4 Å². The molecule has 0 amide bonds. The van der Waals surface area contributed by atoms with Gasteiger partial charge in [0.25, 0.3) is 0 Å². The van der Waals surface area contributed by atoms with E-state index in [-0.39, 0.29) is 25.7 Å². The summed E-state index contributed by atoms with van der Waals surface area (Å²) in [6.07, 6.45) is 41.7. The molecular formula is C68H132O17P2. The molecule has 0 aliphatic carbocycles. The number of rotatable bonds is 66. The lowest BCUT2D eigenvalue weighted by Gasteiger charge is -2.21. The Morgan fingerprint density at radius 1 is 0.333 bits per heavy atom. The summed E-state index contributed by atoms with van der Waals surface area (Å²) >= 11 is 0. The van der Waals surface area contributed by atoms with Crippen LogP contribution < -0.4 is 0 Å². The number of carbonyl (C=O) groups excluding carboxylic acids is 4. The average Bonchev–Trinajstić information content (AvgIpc) is 3.68. The molecule has 0 aliphatic heterocycles. The molecule has 0 radical (unpaired) electrons. The second kappa shape index (κ2) is 59.1. The van der Waals surface area contributed by atoms with E-state index in [1.807, 2.05) is 0 Å². The Bertz CT molecular complexity index is 1720. The summed E-state index contributed by atoms with van der Waals surface area (Å²) in [5, 5.41) is 10.6. The van der Waals surface area contributed by atoms with Crippen molar-refractivity contribution in [1.82, 2.24) is 0 Å². The smallest absolute Gasteiger partial charge is 0.462 e. The first kappa shape index (κ1) is 85.1. The summed E-state index contributed by atoms with van der Waals surface area (Å²) in [6.45, 7) is 11.8. The van der Waals surface area contributed by atoms with Crippen molar-refractivity contribution in [3.8, 4) is 0 Å². The Morgan fingerprint density at radius 3 is 0.874 bits per heavy atom. The van der Waals surface area contributed by atoms with Crippen molar-refractivity contribution >= 4 is 39.5 Å².